The maximum absolute atomic E-state index is 12.3. The van der Waals surface area contributed by atoms with Crippen LogP contribution >= 0.6 is 22.6 Å². The summed E-state index contributed by atoms with van der Waals surface area (Å²) in [4.78, 5) is 3.00. The minimum Gasteiger partial charge on any atom is -0.384 e. The van der Waals surface area contributed by atoms with Gasteiger partial charge in [-0.1, -0.05) is 0 Å². The zero-order valence-corrected chi connectivity index (χ0v) is 9.10. The van der Waals surface area contributed by atoms with Crippen LogP contribution in [0.2, 0.25) is 0 Å². The highest BCUT2D eigenvalue weighted by molar-refractivity contribution is 14.1. The van der Waals surface area contributed by atoms with Crippen molar-refractivity contribution in [1.29, 1.82) is 0 Å². The lowest BCUT2D eigenvalue weighted by atomic mass is 10.2. The third-order valence-electron chi connectivity index (χ3n) is 1.51. The van der Waals surface area contributed by atoms with Crippen molar-refractivity contribution in [1.82, 2.24) is 4.98 Å². The average Bonchev–Trinajstić information content (AvgIpc) is 2.06. The van der Waals surface area contributed by atoms with E-state index < -0.39 is 33.2 Å². The van der Waals surface area contributed by atoms with Crippen LogP contribution in [0.25, 0.3) is 0 Å². The van der Waals surface area contributed by atoms with E-state index in [9.17, 15) is 22.0 Å². The minimum absolute atomic E-state index is 0.571. The molecule has 8 heteroatoms. The zero-order chi connectivity index (χ0) is 11.8. The molecule has 0 spiro atoms. The second kappa shape index (κ2) is 4.06. The summed E-state index contributed by atoms with van der Waals surface area (Å²) in [5.41, 5.74) is 2.88. The molecule has 0 aliphatic carbocycles. The van der Waals surface area contributed by atoms with Crippen molar-refractivity contribution >= 4 is 28.4 Å². The van der Waals surface area contributed by atoms with Gasteiger partial charge in [0.25, 0.3) is 6.43 Å². The summed E-state index contributed by atoms with van der Waals surface area (Å²) in [5, 5.41) is 0. The summed E-state index contributed by atoms with van der Waals surface area (Å²) in [5.74, 6) is -0.571. The van der Waals surface area contributed by atoms with Gasteiger partial charge in [-0.15, -0.1) is 0 Å². The van der Waals surface area contributed by atoms with Crippen LogP contribution in [0.5, 0.6) is 0 Å². The van der Waals surface area contributed by atoms with E-state index in [1.807, 2.05) is 0 Å². The van der Waals surface area contributed by atoms with E-state index in [0.717, 1.165) is 6.07 Å². The first-order valence-electron chi connectivity index (χ1n) is 3.54. The molecule has 0 aromatic carbocycles. The Balaban J connectivity index is 3.42. The molecule has 1 aromatic heterocycles. The van der Waals surface area contributed by atoms with Gasteiger partial charge in [-0.05, 0) is 28.7 Å². The molecule has 0 radical (unpaired) electrons. The normalized spacial score (nSPS) is 12.2. The number of alkyl halides is 5. The van der Waals surface area contributed by atoms with Crippen LogP contribution in [0.3, 0.4) is 0 Å². The number of anilines is 1. The summed E-state index contributed by atoms with van der Waals surface area (Å²) in [6.07, 6.45) is -7.79. The predicted octanol–water partition coefficient (Wildman–Crippen LogP) is 3.22. The topological polar surface area (TPSA) is 38.9 Å². The first kappa shape index (κ1) is 12.4. The van der Waals surface area contributed by atoms with Crippen molar-refractivity contribution in [3.8, 4) is 0 Å². The molecule has 2 nitrogen and oxygen atoms in total. The van der Waals surface area contributed by atoms with E-state index in [0.29, 0.717) is 0 Å². The highest BCUT2D eigenvalue weighted by Gasteiger charge is 2.37. The molecule has 0 amide bonds. The number of nitrogen functional groups attached to an aromatic ring is 1. The Hall–Kier alpha value is -0.670. The van der Waals surface area contributed by atoms with E-state index in [1.165, 1.54) is 22.6 Å². The molecule has 2 N–H and O–H groups in total. The summed E-state index contributed by atoms with van der Waals surface area (Å²) in [6.45, 7) is 0. The Bertz CT molecular complexity index is 376. The lowest BCUT2D eigenvalue weighted by molar-refractivity contribution is -0.141. The Morgan fingerprint density at radius 2 is 1.87 bits per heavy atom. The molecule has 1 rings (SSSR count). The average molecular weight is 338 g/mol. The molecule has 0 atom stereocenters. The molecule has 15 heavy (non-hydrogen) atoms. The van der Waals surface area contributed by atoms with E-state index in [1.54, 1.807) is 0 Å². The van der Waals surface area contributed by atoms with Crippen molar-refractivity contribution in [2.75, 3.05) is 5.73 Å². The fourth-order valence-electron chi connectivity index (χ4n) is 0.916. The minimum atomic E-state index is -4.78. The molecule has 0 aliphatic rings. The van der Waals surface area contributed by atoms with Gasteiger partial charge in [0.05, 0.1) is 3.57 Å². The number of rotatable bonds is 1. The summed E-state index contributed by atoms with van der Waals surface area (Å²) >= 11 is 1.18. The van der Waals surface area contributed by atoms with E-state index in [4.69, 9.17) is 5.73 Å². The summed E-state index contributed by atoms with van der Waals surface area (Å²) in [7, 11) is 0. The summed E-state index contributed by atoms with van der Waals surface area (Å²) < 4.78 is 60.9. The molecular weight excluding hydrogens is 334 g/mol. The lowest BCUT2D eigenvalue weighted by Gasteiger charge is -2.12. The molecule has 0 fully saturated rings. The largest absolute Gasteiger partial charge is 0.434 e. The summed E-state index contributed by atoms with van der Waals surface area (Å²) in [6, 6.07) is 0.738. The fourth-order valence-corrected chi connectivity index (χ4v) is 1.73. The maximum atomic E-state index is 12.3. The number of pyridine rings is 1. The molecular formula is C7H4F5IN2. The number of nitrogens with zero attached hydrogens (tertiary/aromatic N) is 1. The van der Waals surface area contributed by atoms with Crippen LogP contribution in [-0.2, 0) is 6.18 Å². The SMILES string of the molecule is Nc1cc(C(F)F)c(I)c(C(F)(F)F)n1. The van der Waals surface area contributed by atoms with Gasteiger partial charge in [-0.25, -0.2) is 13.8 Å². The number of nitrogens with two attached hydrogens (primary N) is 1. The Labute approximate surface area is 94.8 Å². The molecule has 0 unspecified atom stereocenters. The zero-order valence-electron chi connectivity index (χ0n) is 6.95. The lowest BCUT2D eigenvalue weighted by Crippen LogP contribution is -2.14. The van der Waals surface area contributed by atoms with Gasteiger partial charge in [0, 0.05) is 5.56 Å². The molecule has 0 saturated heterocycles. The van der Waals surface area contributed by atoms with Crippen molar-refractivity contribution in [3.05, 3.63) is 20.9 Å². The van der Waals surface area contributed by atoms with Crippen molar-refractivity contribution < 1.29 is 22.0 Å². The number of hydrogen-bond donors (Lipinski definition) is 1. The second-order valence-electron chi connectivity index (χ2n) is 2.60. The molecule has 0 saturated carbocycles. The van der Waals surface area contributed by atoms with Crippen LogP contribution in [0.1, 0.15) is 17.7 Å². The molecule has 0 aliphatic heterocycles. The highest BCUT2D eigenvalue weighted by atomic mass is 127. The first-order chi connectivity index (χ1) is 6.73. The van der Waals surface area contributed by atoms with Gasteiger partial charge in [0.1, 0.15) is 5.82 Å². The van der Waals surface area contributed by atoms with Crippen LogP contribution in [0.4, 0.5) is 27.8 Å². The highest BCUT2D eigenvalue weighted by Crippen LogP contribution is 2.36. The molecule has 84 valence electrons. The second-order valence-corrected chi connectivity index (χ2v) is 3.68. The van der Waals surface area contributed by atoms with Crippen LogP contribution in [-0.4, -0.2) is 4.98 Å². The van der Waals surface area contributed by atoms with Crippen molar-refractivity contribution in [3.63, 3.8) is 0 Å². The van der Waals surface area contributed by atoms with Gasteiger partial charge in [0.2, 0.25) is 0 Å². The quantitative estimate of drug-likeness (QED) is 0.631. The molecule has 1 aromatic rings. The number of halogens is 6. The van der Waals surface area contributed by atoms with Crippen molar-refractivity contribution in [2.45, 2.75) is 12.6 Å². The third-order valence-corrected chi connectivity index (χ3v) is 2.64. The van der Waals surface area contributed by atoms with Crippen LogP contribution in [0.15, 0.2) is 6.07 Å². The monoisotopic (exact) mass is 338 g/mol. The van der Waals surface area contributed by atoms with Crippen LogP contribution in [0, 0.1) is 3.57 Å². The van der Waals surface area contributed by atoms with E-state index in [-0.39, 0.29) is 0 Å². The number of aromatic nitrogens is 1. The van der Waals surface area contributed by atoms with E-state index in [2.05, 4.69) is 4.98 Å². The van der Waals surface area contributed by atoms with Gasteiger partial charge in [-0.3, -0.25) is 0 Å². The third kappa shape index (κ3) is 2.67. The predicted molar refractivity (Wildman–Crippen MR) is 51.3 cm³/mol. The van der Waals surface area contributed by atoms with Gasteiger partial charge < -0.3 is 5.73 Å². The Morgan fingerprint density at radius 3 is 2.27 bits per heavy atom. The fraction of sp³-hybridized carbons (Fsp3) is 0.286. The molecule has 1 heterocycles. The number of hydrogen-bond acceptors (Lipinski definition) is 2. The van der Waals surface area contributed by atoms with E-state index >= 15 is 0 Å². The van der Waals surface area contributed by atoms with Gasteiger partial charge in [-0.2, -0.15) is 13.2 Å². The standard InChI is InChI=1S/C7H4F5IN2/c8-6(9)2-1-3(14)15-5(4(2)13)7(10,11)12/h1,6H,(H2,14,15). The smallest absolute Gasteiger partial charge is 0.384 e. The van der Waals surface area contributed by atoms with Crippen LogP contribution < -0.4 is 5.73 Å². The van der Waals surface area contributed by atoms with Gasteiger partial charge >= 0.3 is 6.18 Å². The Kier molecular flexibility index (Phi) is 3.36. The van der Waals surface area contributed by atoms with Gasteiger partial charge in [0.15, 0.2) is 5.69 Å². The first-order valence-corrected chi connectivity index (χ1v) is 4.62. The Morgan fingerprint density at radius 1 is 1.33 bits per heavy atom. The van der Waals surface area contributed by atoms with Crippen molar-refractivity contribution in [2.24, 2.45) is 0 Å². The maximum Gasteiger partial charge on any atom is 0.434 e. The molecule has 0 bridgehead atoms.